The zero-order valence-corrected chi connectivity index (χ0v) is 16.9. The highest BCUT2D eigenvalue weighted by atomic mass is 32.2. The molecule has 2 atom stereocenters. The minimum absolute atomic E-state index is 0.345. The van der Waals surface area contributed by atoms with Crippen molar-refractivity contribution in [2.45, 2.75) is 19.0 Å². The van der Waals surface area contributed by atoms with Gasteiger partial charge in [0.05, 0.1) is 12.3 Å². The molecule has 0 fully saturated rings. The fourth-order valence-electron chi connectivity index (χ4n) is 3.06. The van der Waals surface area contributed by atoms with E-state index in [1.165, 1.54) is 7.05 Å². The van der Waals surface area contributed by atoms with Gasteiger partial charge in [-0.2, -0.15) is 4.31 Å². The Bertz CT molecular complexity index is 946. The number of nitrogens with one attached hydrogen (secondary N) is 1. The standard InChI is InChI=1S/C20H24N2O5S/c1-14(16-9-10-17-18(13-16)27-12-11-26-17)21-20(23)19(22(2)28(3,24)25)15-7-5-4-6-8-15/h4-10,13-14,19H,11-12H2,1-3H3,(H,21,23). The summed E-state index contributed by atoms with van der Waals surface area (Å²) in [5.41, 5.74) is 1.44. The molecule has 1 amide bonds. The summed E-state index contributed by atoms with van der Waals surface area (Å²) in [6.45, 7) is 2.83. The molecule has 2 aromatic carbocycles. The lowest BCUT2D eigenvalue weighted by atomic mass is 10.0. The topological polar surface area (TPSA) is 84.9 Å². The molecular weight excluding hydrogens is 380 g/mol. The first-order valence-corrected chi connectivity index (χ1v) is 10.8. The largest absolute Gasteiger partial charge is 0.486 e. The third-order valence-electron chi connectivity index (χ3n) is 4.68. The maximum atomic E-state index is 13.0. The predicted octanol–water partition coefficient (Wildman–Crippen LogP) is 2.27. The van der Waals surface area contributed by atoms with Crippen molar-refractivity contribution in [3.05, 3.63) is 59.7 Å². The Kier molecular flexibility index (Phi) is 5.90. The second kappa shape index (κ2) is 8.20. The Morgan fingerprint density at radius 2 is 1.68 bits per heavy atom. The number of benzene rings is 2. The maximum Gasteiger partial charge on any atom is 0.243 e. The van der Waals surface area contributed by atoms with Crippen molar-refractivity contribution in [2.75, 3.05) is 26.5 Å². The van der Waals surface area contributed by atoms with E-state index in [4.69, 9.17) is 9.47 Å². The molecule has 3 rings (SSSR count). The predicted molar refractivity (Wildman–Crippen MR) is 106 cm³/mol. The van der Waals surface area contributed by atoms with Gasteiger partial charge in [0.25, 0.3) is 0 Å². The summed E-state index contributed by atoms with van der Waals surface area (Å²) in [5, 5.41) is 2.91. The van der Waals surface area contributed by atoms with E-state index in [0.29, 0.717) is 30.3 Å². The summed E-state index contributed by atoms with van der Waals surface area (Å²) in [6, 6.07) is 13.0. The first-order valence-electron chi connectivity index (χ1n) is 8.95. The average molecular weight is 404 g/mol. The second-order valence-corrected chi connectivity index (χ2v) is 8.77. The Morgan fingerprint density at radius 1 is 1.04 bits per heavy atom. The van der Waals surface area contributed by atoms with Crippen LogP contribution in [-0.2, 0) is 14.8 Å². The Balaban J connectivity index is 1.83. The van der Waals surface area contributed by atoms with Gasteiger partial charge in [0.15, 0.2) is 11.5 Å². The molecule has 0 bridgehead atoms. The fraction of sp³-hybridized carbons (Fsp3) is 0.350. The van der Waals surface area contributed by atoms with Gasteiger partial charge < -0.3 is 14.8 Å². The number of rotatable bonds is 6. The monoisotopic (exact) mass is 404 g/mol. The number of amides is 1. The number of ether oxygens (including phenoxy) is 2. The van der Waals surface area contributed by atoms with E-state index in [1.54, 1.807) is 24.3 Å². The smallest absolute Gasteiger partial charge is 0.243 e. The van der Waals surface area contributed by atoms with Gasteiger partial charge in [-0.05, 0) is 30.2 Å². The molecule has 0 spiro atoms. The van der Waals surface area contributed by atoms with Crippen molar-refractivity contribution in [1.29, 1.82) is 0 Å². The Morgan fingerprint density at radius 3 is 2.32 bits per heavy atom. The van der Waals surface area contributed by atoms with Crippen molar-refractivity contribution in [3.8, 4) is 11.5 Å². The van der Waals surface area contributed by atoms with Crippen LogP contribution >= 0.6 is 0 Å². The minimum Gasteiger partial charge on any atom is -0.486 e. The molecule has 7 nitrogen and oxygen atoms in total. The van der Waals surface area contributed by atoms with Crippen LogP contribution in [0.4, 0.5) is 0 Å². The minimum atomic E-state index is -3.57. The third-order valence-corrected chi connectivity index (χ3v) is 5.93. The highest BCUT2D eigenvalue weighted by molar-refractivity contribution is 7.88. The van der Waals surface area contributed by atoms with Crippen molar-refractivity contribution < 1.29 is 22.7 Å². The average Bonchev–Trinajstić information content (AvgIpc) is 2.67. The van der Waals surface area contributed by atoms with Crippen LogP contribution in [0.25, 0.3) is 0 Å². The number of hydrogen-bond donors (Lipinski definition) is 1. The zero-order chi connectivity index (χ0) is 20.3. The second-order valence-electron chi connectivity index (χ2n) is 6.73. The number of carbonyl (C=O) groups excluding carboxylic acids is 1. The Hall–Kier alpha value is -2.58. The van der Waals surface area contributed by atoms with E-state index in [2.05, 4.69) is 5.32 Å². The van der Waals surface area contributed by atoms with Gasteiger partial charge in [-0.15, -0.1) is 0 Å². The molecule has 0 radical (unpaired) electrons. The molecule has 0 saturated carbocycles. The molecule has 0 aliphatic carbocycles. The molecule has 150 valence electrons. The molecule has 2 aromatic rings. The highest BCUT2D eigenvalue weighted by Gasteiger charge is 2.31. The lowest BCUT2D eigenvalue weighted by molar-refractivity contribution is -0.125. The molecule has 1 heterocycles. The van der Waals surface area contributed by atoms with Gasteiger partial charge in [-0.25, -0.2) is 8.42 Å². The van der Waals surface area contributed by atoms with Gasteiger partial charge in [0, 0.05) is 7.05 Å². The fourth-order valence-corrected chi connectivity index (χ4v) is 3.66. The van der Waals surface area contributed by atoms with Crippen LogP contribution in [0.15, 0.2) is 48.5 Å². The molecule has 28 heavy (non-hydrogen) atoms. The van der Waals surface area contributed by atoms with Crippen molar-refractivity contribution in [3.63, 3.8) is 0 Å². The quantitative estimate of drug-likeness (QED) is 0.798. The number of nitrogens with zero attached hydrogens (tertiary/aromatic N) is 1. The van der Waals surface area contributed by atoms with Gasteiger partial charge in [-0.3, -0.25) is 4.79 Å². The summed E-state index contributed by atoms with van der Waals surface area (Å²) >= 11 is 0. The van der Waals surface area contributed by atoms with E-state index in [-0.39, 0.29) is 6.04 Å². The SMILES string of the molecule is CC(NC(=O)C(c1ccccc1)N(C)S(C)(=O)=O)c1ccc2c(c1)OCCO2. The van der Waals surface area contributed by atoms with E-state index in [9.17, 15) is 13.2 Å². The summed E-state index contributed by atoms with van der Waals surface area (Å²) in [4.78, 5) is 13.0. The van der Waals surface area contributed by atoms with Crippen LogP contribution < -0.4 is 14.8 Å². The molecular formula is C20H24N2O5S. The van der Waals surface area contributed by atoms with E-state index in [0.717, 1.165) is 16.1 Å². The van der Waals surface area contributed by atoms with Crippen molar-refractivity contribution in [2.24, 2.45) is 0 Å². The van der Waals surface area contributed by atoms with E-state index < -0.39 is 22.0 Å². The lowest BCUT2D eigenvalue weighted by Gasteiger charge is -2.27. The van der Waals surface area contributed by atoms with Crippen LogP contribution in [-0.4, -0.2) is 45.1 Å². The summed E-state index contributed by atoms with van der Waals surface area (Å²) in [5.74, 6) is 0.909. The first kappa shape index (κ1) is 20.2. The van der Waals surface area contributed by atoms with Crippen molar-refractivity contribution in [1.82, 2.24) is 9.62 Å². The molecule has 0 aromatic heterocycles. The Labute approximate surface area is 165 Å². The lowest BCUT2D eigenvalue weighted by Crippen LogP contribution is -2.42. The number of sulfonamides is 1. The molecule has 1 aliphatic heterocycles. The summed E-state index contributed by atoms with van der Waals surface area (Å²) in [7, 11) is -2.17. The van der Waals surface area contributed by atoms with Crippen molar-refractivity contribution >= 4 is 15.9 Å². The molecule has 2 unspecified atom stereocenters. The summed E-state index contributed by atoms with van der Waals surface area (Å²) in [6.07, 6.45) is 1.08. The van der Waals surface area contributed by atoms with Gasteiger partial charge in [0.1, 0.15) is 19.3 Å². The number of carbonyl (C=O) groups is 1. The molecule has 1 aliphatic rings. The number of likely N-dealkylation sites (N-methyl/N-ethyl adjacent to an activating group) is 1. The van der Waals surface area contributed by atoms with Crippen LogP contribution in [0.5, 0.6) is 11.5 Å². The highest BCUT2D eigenvalue weighted by Crippen LogP contribution is 2.33. The van der Waals surface area contributed by atoms with Gasteiger partial charge >= 0.3 is 0 Å². The number of fused-ring (bicyclic) bond motifs is 1. The van der Waals surface area contributed by atoms with Gasteiger partial charge in [0.2, 0.25) is 15.9 Å². The van der Waals surface area contributed by atoms with Crippen LogP contribution in [0.3, 0.4) is 0 Å². The molecule has 8 heteroatoms. The third kappa shape index (κ3) is 4.45. The van der Waals surface area contributed by atoms with Crippen LogP contribution in [0.1, 0.15) is 30.1 Å². The first-order chi connectivity index (χ1) is 13.3. The molecule has 0 saturated heterocycles. The van der Waals surface area contributed by atoms with E-state index in [1.807, 2.05) is 31.2 Å². The van der Waals surface area contributed by atoms with Crippen LogP contribution in [0, 0.1) is 0 Å². The maximum absolute atomic E-state index is 13.0. The van der Waals surface area contributed by atoms with Gasteiger partial charge in [-0.1, -0.05) is 36.4 Å². The van der Waals surface area contributed by atoms with Crippen LogP contribution in [0.2, 0.25) is 0 Å². The van der Waals surface area contributed by atoms with E-state index >= 15 is 0 Å². The number of hydrogen-bond acceptors (Lipinski definition) is 5. The summed E-state index contributed by atoms with van der Waals surface area (Å²) < 4.78 is 36.4. The molecule has 1 N–H and O–H groups in total. The zero-order valence-electron chi connectivity index (χ0n) is 16.1. The normalized spacial score (nSPS) is 15.7.